The predicted octanol–water partition coefficient (Wildman–Crippen LogP) is 2.27. The van der Waals surface area contributed by atoms with Crippen LogP contribution in [0.1, 0.15) is 24.4 Å². The molecular weight excluding hydrogens is 377 g/mol. The smallest absolute Gasteiger partial charge is 0.453 e. The van der Waals surface area contributed by atoms with Gasteiger partial charge in [0.2, 0.25) is 5.91 Å². The quantitative estimate of drug-likeness (QED) is 0.730. The van der Waals surface area contributed by atoms with E-state index in [1.165, 1.54) is 12.3 Å². The molecule has 1 saturated heterocycles. The highest BCUT2D eigenvalue weighted by Gasteiger charge is 2.38. The first kappa shape index (κ1) is 18.3. The van der Waals surface area contributed by atoms with Gasteiger partial charge in [-0.25, -0.2) is 0 Å². The van der Waals surface area contributed by atoms with Crippen molar-refractivity contribution >= 4 is 17.4 Å². The Hall–Kier alpha value is -3.11. The number of carbonyl (C=O) groups excluding carboxylic acids is 1. The summed E-state index contributed by atoms with van der Waals surface area (Å²) in [6.07, 6.45) is -1.69. The van der Waals surface area contributed by atoms with Gasteiger partial charge in [0.25, 0.3) is 5.82 Å². The van der Waals surface area contributed by atoms with E-state index in [0.717, 1.165) is 6.42 Å². The Morgan fingerprint density at radius 1 is 1.29 bits per heavy atom. The second-order valence-electron chi connectivity index (χ2n) is 6.57. The standard InChI is InChI=1S/C17H17F3N6O2/c18-17(19,20)16-23-22-13-5-6-14(24-26(13)16)25-7-1-3-11(10-25)15(27)21-9-12-4-2-8-28-12/h2,4-6,8,11H,1,3,7,9-10H2,(H,21,27)/t11-/m0/s1. The first-order chi connectivity index (χ1) is 13.4. The number of hydrogen-bond donors (Lipinski definition) is 1. The van der Waals surface area contributed by atoms with E-state index in [2.05, 4.69) is 20.6 Å². The molecule has 0 bridgehead atoms. The van der Waals surface area contributed by atoms with Crippen LogP contribution in [0.3, 0.4) is 0 Å². The molecule has 1 atom stereocenters. The Morgan fingerprint density at radius 2 is 2.14 bits per heavy atom. The van der Waals surface area contributed by atoms with E-state index < -0.39 is 12.0 Å². The number of nitrogens with one attached hydrogen (secondary N) is 1. The van der Waals surface area contributed by atoms with Gasteiger partial charge in [-0.05, 0) is 37.1 Å². The van der Waals surface area contributed by atoms with Gasteiger partial charge in [0, 0.05) is 13.1 Å². The zero-order valence-electron chi connectivity index (χ0n) is 14.7. The number of rotatable bonds is 4. The molecule has 1 fully saturated rings. The Balaban J connectivity index is 1.48. The number of carbonyl (C=O) groups is 1. The topological polar surface area (TPSA) is 88.6 Å². The second kappa shape index (κ2) is 7.13. The second-order valence-corrected chi connectivity index (χ2v) is 6.57. The number of furan rings is 1. The Labute approximate surface area is 157 Å². The Morgan fingerprint density at radius 3 is 2.89 bits per heavy atom. The molecule has 0 saturated carbocycles. The molecule has 0 unspecified atom stereocenters. The average Bonchev–Trinajstić information content (AvgIpc) is 3.34. The van der Waals surface area contributed by atoms with Gasteiger partial charge in [0.05, 0.1) is 18.7 Å². The molecule has 28 heavy (non-hydrogen) atoms. The molecule has 0 spiro atoms. The van der Waals surface area contributed by atoms with E-state index in [1.807, 2.05) is 0 Å². The molecule has 0 aromatic carbocycles. The monoisotopic (exact) mass is 394 g/mol. The number of hydrogen-bond acceptors (Lipinski definition) is 6. The first-order valence-corrected chi connectivity index (χ1v) is 8.76. The van der Waals surface area contributed by atoms with Crippen LogP contribution >= 0.6 is 0 Å². The molecule has 148 valence electrons. The average molecular weight is 394 g/mol. The van der Waals surface area contributed by atoms with E-state index in [4.69, 9.17) is 4.42 Å². The van der Waals surface area contributed by atoms with Crippen LogP contribution in [-0.2, 0) is 17.5 Å². The number of piperidine rings is 1. The number of aromatic nitrogens is 4. The van der Waals surface area contributed by atoms with Gasteiger partial charge < -0.3 is 14.6 Å². The third-order valence-electron chi connectivity index (χ3n) is 4.64. The highest BCUT2D eigenvalue weighted by atomic mass is 19.4. The van der Waals surface area contributed by atoms with E-state index >= 15 is 0 Å². The fraction of sp³-hybridized carbons (Fsp3) is 0.412. The summed E-state index contributed by atoms with van der Waals surface area (Å²) in [5.74, 6) is -0.581. The van der Waals surface area contributed by atoms with Crippen molar-refractivity contribution in [1.82, 2.24) is 25.1 Å². The summed E-state index contributed by atoms with van der Waals surface area (Å²) < 4.78 is 45.1. The van der Waals surface area contributed by atoms with Crippen molar-refractivity contribution in [3.05, 3.63) is 42.1 Å². The van der Waals surface area contributed by atoms with Crippen LogP contribution in [0.25, 0.3) is 5.65 Å². The van der Waals surface area contributed by atoms with Crippen LogP contribution < -0.4 is 10.2 Å². The fourth-order valence-corrected chi connectivity index (χ4v) is 3.26. The summed E-state index contributed by atoms with van der Waals surface area (Å²) in [6, 6.07) is 6.54. The van der Waals surface area contributed by atoms with Crippen molar-refractivity contribution in [2.24, 2.45) is 5.92 Å². The molecular formula is C17H17F3N6O2. The minimum Gasteiger partial charge on any atom is -0.467 e. The number of fused-ring (bicyclic) bond motifs is 1. The van der Waals surface area contributed by atoms with Crippen LogP contribution in [-0.4, -0.2) is 38.8 Å². The predicted molar refractivity (Wildman–Crippen MR) is 91.3 cm³/mol. The van der Waals surface area contributed by atoms with E-state index in [9.17, 15) is 18.0 Å². The summed E-state index contributed by atoms with van der Waals surface area (Å²) in [7, 11) is 0. The summed E-state index contributed by atoms with van der Waals surface area (Å²) >= 11 is 0. The van der Waals surface area contributed by atoms with Gasteiger partial charge in [-0.15, -0.1) is 15.3 Å². The van der Waals surface area contributed by atoms with Crippen molar-refractivity contribution in [1.29, 1.82) is 0 Å². The minimum atomic E-state index is -4.65. The van der Waals surface area contributed by atoms with Gasteiger partial charge in [-0.1, -0.05) is 0 Å². The molecule has 0 aliphatic carbocycles. The van der Waals surface area contributed by atoms with Crippen molar-refractivity contribution < 1.29 is 22.4 Å². The van der Waals surface area contributed by atoms with Crippen molar-refractivity contribution in [3.8, 4) is 0 Å². The lowest BCUT2D eigenvalue weighted by atomic mass is 9.97. The molecule has 4 rings (SSSR count). The molecule has 1 N–H and O–H groups in total. The van der Waals surface area contributed by atoms with Gasteiger partial charge in [0.1, 0.15) is 11.6 Å². The Bertz CT molecular complexity index is 969. The Kier molecular flexibility index (Phi) is 4.65. The number of halogens is 3. The van der Waals surface area contributed by atoms with Crippen LogP contribution in [0.15, 0.2) is 34.9 Å². The lowest BCUT2D eigenvalue weighted by Gasteiger charge is -2.32. The highest BCUT2D eigenvalue weighted by Crippen LogP contribution is 2.28. The fourth-order valence-electron chi connectivity index (χ4n) is 3.26. The first-order valence-electron chi connectivity index (χ1n) is 8.76. The normalized spacial score (nSPS) is 17.8. The number of nitrogens with zero attached hydrogens (tertiary/aromatic N) is 5. The van der Waals surface area contributed by atoms with Crippen LogP contribution in [0.2, 0.25) is 0 Å². The summed E-state index contributed by atoms with van der Waals surface area (Å²) in [4.78, 5) is 14.3. The number of amides is 1. The highest BCUT2D eigenvalue weighted by molar-refractivity contribution is 5.79. The molecule has 11 heteroatoms. The summed E-state index contributed by atoms with van der Waals surface area (Å²) in [6.45, 7) is 1.26. The molecule has 1 amide bonds. The van der Waals surface area contributed by atoms with Gasteiger partial charge in [-0.2, -0.15) is 17.7 Å². The van der Waals surface area contributed by atoms with Gasteiger partial charge in [-0.3, -0.25) is 4.79 Å². The minimum absolute atomic E-state index is 0.0147. The zero-order chi connectivity index (χ0) is 19.7. The summed E-state index contributed by atoms with van der Waals surface area (Å²) in [5.41, 5.74) is 0.0147. The van der Waals surface area contributed by atoms with Gasteiger partial charge >= 0.3 is 6.18 Å². The van der Waals surface area contributed by atoms with Crippen molar-refractivity contribution in [2.75, 3.05) is 18.0 Å². The number of alkyl halides is 3. The van der Waals surface area contributed by atoms with E-state index in [1.54, 1.807) is 23.1 Å². The molecule has 3 aromatic rings. The maximum absolute atomic E-state index is 13.1. The third kappa shape index (κ3) is 3.64. The van der Waals surface area contributed by atoms with E-state index in [0.29, 0.717) is 42.1 Å². The SMILES string of the molecule is O=C(NCc1ccco1)[C@H]1CCCN(c2ccc3nnc(C(F)(F)F)n3n2)C1. The molecule has 8 nitrogen and oxygen atoms in total. The molecule has 1 aliphatic heterocycles. The third-order valence-corrected chi connectivity index (χ3v) is 4.64. The maximum atomic E-state index is 13.1. The van der Waals surface area contributed by atoms with Crippen molar-refractivity contribution in [3.63, 3.8) is 0 Å². The van der Waals surface area contributed by atoms with Gasteiger partial charge in [0.15, 0.2) is 5.65 Å². The zero-order valence-corrected chi connectivity index (χ0v) is 14.7. The maximum Gasteiger partial charge on any atom is 0.453 e. The lowest BCUT2D eigenvalue weighted by Crippen LogP contribution is -2.43. The molecule has 0 radical (unpaired) electrons. The van der Waals surface area contributed by atoms with Crippen molar-refractivity contribution in [2.45, 2.75) is 25.6 Å². The van der Waals surface area contributed by atoms with Crippen LogP contribution in [0, 0.1) is 5.92 Å². The molecule has 1 aliphatic rings. The summed E-state index contributed by atoms with van der Waals surface area (Å²) in [5, 5.41) is 13.6. The lowest BCUT2D eigenvalue weighted by molar-refractivity contribution is -0.146. The van der Waals surface area contributed by atoms with Crippen LogP contribution in [0.5, 0.6) is 0 Å². The number of anilines is 1. The molecule has 3 aromatic heterocycles. The molecule has 4 heterocycles. The van der Waals surface area contributed by atoms with E-state index in [-0.39, 0.29) is 17.5 Å². The van der Waals surface area contributed by atoms with Crippen LogP contribution in [0.4, 0.5) is 19.0 Å². The largest absolute Gasteiger partial charge is 0.467 e.